The zero-order chi connectivity index (χ0) is 18.3. The van der Waals surface area contributed by atoms with Gasteiger partial charge >= 0.3 is 0 Å². The number of pyridine rings is 1. The molecule has 26 heavy (non-hydrogen) atoms. The molecule has 0 saturated heterocycles. The highest BCUT2D eigenvalue weighted by Crippen LogP contribution is 2.33. The lowest BCUT2D eigenvalue weighted by molar-refractivity contribution is 0.282. The smallest absolute Gasteiger partial charge is 0.258 e. The first-order chi connectivity index (χ1) is 12.5. The van der Waals surface area contributed by atoms with Crippen LogP contribution in [0.5, 0.6) is 5.75 Å². The molecule has 5 heteroatoms. The third-order valence-corrected chi connectivity index (χ3v) is 4.81. The minimum Gasteiger partial charge on any atom is -0.494 e. The second-order valence-corrected chi connectivity index (χ2v) is 7.05. The number of benzene rings is 2. The first-order valence-corrected chi connectivity index (χ1v) is 8.88. The fourth-order valence-corrected chi connectivity index (χ4v) is 3.51. The maximum absolute atomic E-state index is 12.4. The van der Waals surface area contributed by atoms with Crippen LogP contribution in [0.25, 0.3) is 32.6 Å². The van der Waals surface area contributed by atoms with Crippen molar-refractivity contribution in [3.8, 4) is 5.75 Å². The number of hydrogen-bond donors (Lipinski definition) is 2. The van der Waals surface area contributed by atoms with E-state index in [0.29, 0.717) is 6.61 Å². The van der Waals surface area contributed by atoms with Crippen molar-refractivity contribution in [2.45, 2.75) is 13.3 Å². The molecule has 4 rings (SSSR count). The normalized spacial score (nSPS) is 11.8. The number of nitrogens with zero attached hydrogens (tertiary/aromatic N) is 1. The van der Waals surface area contributed by atoms with Crippen LogP contribution in [0.1, 0.15) is 12.0 Å². The van der Waals surface area contributed by atoms with Crippen LogP contribution in [0.3, 0.4) is 0 Å². The van der Waals surface area contributed by atoms with Crippen molar-refractivity contribution < 1.29 is 4.74 Å². The highest BCUT2D eigenvalue weighted by molar-refractivity contribution is 6.20. The Balaban J connectivity index is 1.78. The van der Waals surface area contributed by atoms with E-state index in [1.807, 2.05) is 31.2 Å². The van der Waals surface area contributed by atoms with Crippen molar-refractivity contribution in [2.75, 3.05) is 27.2 Å². The molecule has 2 N–H and O–H groups in total. The predicted octanol–water partition coefficient (Wildman–Crippen LogP) is 3.80. The largest absolute Gasteiger partial charge is 0.494 e. The molecule has 0 spiro atoms. The molecule has 2 heterocycles. The third kappa shape index (κ3) is 2.84. The summed E-state index contributed by atoms with van der Waals surface area (Å²) in [5.41, 5.74) is 2.85. The molecular weight excluding hydrogens is 326 g/mol. The number of aromatic amines is 2. The van der Waals surface area contributed by atoms with E-state index in [1.165, 1.54) is 0 Å². The summed E-state index contributed by atoms with van der Waals surface area (Å²) in [6.07, 6.45) is 2.74. The van der Waals surface area contributed by atoms with Crippen molar-refractivity contribution in [1.82, 2.24) is 14.9 Å². The van der Waals surface area contributed by atoms with Crippen LogP contribution in [0.2, 0.25) is 0 Å². The molecule has 2 aromatic carbocycles. The Kier molecular flexibility index (Phi) is 4.17. The molecule has 0 fully saturated rings. The summed E-state index contributed by atoms with van der Waals surface area (Å²) in [5.74, 6) is 0.862. The standard InChI is InChI=1S/C21H23N3O2/c1-13-12-22-21(25)19-18-16-7-6-15(26-10-4-9-24(2)3)11-14(16)5-8-17(18)23-20(13)19/h5-8,11-12,23H,4,9-10H2,1-3H3,(H,22,25). The summed E-state index contributed by atoms with van der Waals surface area (Å²) in [6, 6.07) is 10.2. The third-order valence-electron chi connectivity index (χ3n) is 4.81. The van der Waals surface area contributed by atoms with E-state index in [1.54, 1.807) is 6.20 Å². The van der Waals surface area contributed by atoms with Gasteiger partial charge in [-0.05, 0) is 68.0 Å². The molecule has 134 valence electrons. The van der Waals surface area contributed by atoms with Crippen molar-refractivity contribution in [3.05, 3.63) is 52.4 Å². The molecule has 0 aliphatic carbocycles. The summed E-state index contributed by atoms with van der Waals surface area (Å²) < 4.78 is 5.89. The number of H-pyrrole nitrogens is 2. The lowest BCUT2D eigenvalue weighted by atomic mass is 10.0. The van der Waals surface area contributed by atoms with Gasteiger partial charge in [-0.15, -0.1) is 0 Å². The van der Waals surface area contributed by atoms with Crippen molar-refractivity contribution in [1.29, 1.82) is 0 Å². The highest BCUT2D eigenvalue weighted by atomic mass is 16.5. The molecule has 0 saturated carbocycles. The van der Waals surface area contributed by atoms with E-state index in [2.05, 4.69) is 35.0 Å². The van der Waals surface area contributed by atoms with Gasteiger partial charge in [0.25, 0.3) is 5.56 Å². The Labute approximate surface area is 151 Å². The van der Waals surface area contributed by atoms with Gasteiger partial charge in [0.15, 0.2) is 0 Å². The van der Waals surface area contributed by atoms with E-state index in [4.69, 9.17) is 4.74 Å². The monoisotopic (exact) mass is 349 g/mol. The van der Waals surface area contributed by atoms with Crippen LogP contribution in [0.4, 0.5) is 0 Å². The molecule has 0 aliphatic heterocycles. The lowest BCUT2D eigenvalue weighted by Gasteiger charge is -2.11. The van der Waals surface area contributed by atoms with Gasteiger partial charge in [0.05, 0.1) is 17.5 Å². The van der Waals surface area contributed by atoms with Gasteiger partial charge < -0.3 is 19.6 Å². The molecule has 0 radical (unpaired) electrons. The van der Waals surface area contributed by atoms with E-state index < -0.39 is 0 Å². The van der Waals surface area contributed by atoms with Gasteiger partial charge in [-0.1, -0.05) is 6.07 Å². The average molecular weight is 349 g/mol. The van der Waals surface area contributed by atoms with Crippen molar-refractivity contribution in [2.24, 2.45) is 0 Å². The molecule has 0 amide bonds. The first kappa shape index (κ1) is 16.7. The van der Waals surface area contributed by atoms with Gasteiger partial charge in [-0.2, -0.15) is 0 Å². The minimum atomic E-state index is -0.0617. The van der Waals surface area contributed by atoms with Gasteiger partial charge in [0, 0.05) is 23.6 Å². The first-order valence-electron chi connectivity index (χ1n) is 8.88. The van der Waals surface area contributed by atoms with Gasteiger partial charge in [-0.25, -0.2) is 0 Å². The molecule has 0 bridgehead atoms. The maximum atomic E-state index is 12.4. The quantitative estimate of drug-likeness (QED) is 0.539. The van der Waals surface area contributed by atoms with Crippen molar-refractivity contribution >= 4 is 32.6 Å². The van der Waals surface area contributed by atoms with Crippen LogP contribution in [0.15, 0.2) is 41.3 Å². The molecule has 5 nitrogen and oxygen atoms in total. The van der Waals surface area contributed by atoms with Gasteiger partial charge in [0.2, 0.25) is 0 Å². The van der Waals surface area contributed by atoms with Crippen LogP contribution in [-0.4, -0.2) is 42.1 Å². The van der Waals surface area contributed by atoms with Crippen LogP contribution >= 0.6 is 0 Å². The molecule has 0 aliphatic rings. The Morgan fingerprint density at radius 3 is 2.77 bits per heavy atom. The number of hydrogen-bond acceptors (Lipinski definition) is 3. The van der Waals surface area contributed by atoms with E-state index >= 15 is 0 Å². The zero-order valence-corrected chi connectivity index (χ0v) is 15.3. The Hall–Kier alpha value is -2.79. The molecular formula is C21H23N3O2. The number of nitrogens with one attached hydrogen (secondary N) is 2. The number of ether oxygens (including phenoxy) is 1. The second-order valence-electron chi connectivity index (χ2n) is 7.05. The fourth-order valence-electron chi connectivity index (χ4n) is 3.51. The number of fused-ring (bicyclic) bond motifs is 5. The molecule has 0 unspecified atom stereocenters. The topological polar surface area (TPSA) is 61.1 Å². The minimum absolute atomic E-state index is 0.0617. The summed E-state index contributed by atoms with van der Waals surface area (Å²) >= 11 is 0. The van der Waals surface area contributed by atoms with Crippen molar-refractivity contribution in [3.63, 3.8) is 0 Å². The Morgan fingerprint density at radius 1 is 1.12 bits per heavy atom. The van der Waals surface area contributed by atoms with E-state index in [0.717, 1.165) is 56.9 Å². The molecule has 4 aromatic rings. The second kappa shape index (κ2) is 6.50. The lowest BCUT2D eigenvalue weighted by Crippen LogP contribution is -2.15. The van der Waals surface area contributed by atoms with Gasteiger partial charge in [-0.3, -0.25) is 4.79 Å². The number of aromatic nitrogens is 2. The van der Waals surface area contributed by atoms with E-state index in [-0.39, 0.29) is 5.56 Å². The van der Waals surface area contributed by atoms with Crippen LogP contribution in [-0.2, 0) is 0 Å². The zero-order valence-electron chi connectivity index (χ0n) is 15.3. The SMILES string of the molecule is Cc1c[nH]c(=O)c2c1[nH]c1ccc3cc(OCCCN(C)C)ccc3c12. The average Bonchev–Trinajstić information content (AvgIpc) is 3.03. The van der Waals surface area contributed by atoms with E-state index in [9.17, 15) is 4.79 Å². The van der Waals surface area contributed by atoms with Crippen LogP contribution < -0.4 is 10.3 Å². The summed E-state index contributed by atoms with van der Waals surface area (Å²) in [7, 11) is 4.12. The number of rotatable bonds is 5. The predicted molar refractivity (Wildman–Crippen MR) is 107 cm³/mol. The molecule has 0 atom stereocenters. The maximum Gasteiger partial charge on any atom is 0.258 e. The fraction of sp³-hybridized carbons (Fsp3) is 0.286. The Morgan fingerprint density at radius 2 is 1.96 bits per heavy atom. The Bertz CT molecular complexity index is 1150. The number of aryl methyl sites for hydroxylation is 1. The van der Waals surface area contributed by atoms with Gasteiger partial charge in [0.1, 0.15) is 5.75 Å². The summed E-state index contributed by atoms with van der Waals surface area (Å²) in [5, 5.41) is 3.83. The molecule has 2 aromatic heterocycles. The highest BCUT2D eigenvalue weighted by Gasteiger charge is 2.13. The van der Waals surface area contributed by atoms with Crippen LogP contribution in [0, 0.1) is 6.92 Å². The summed E-state index contributed by atoms with van der Waals surface area (Å²) in [6.45, 7) is 3.69. The summed E-state index contributed by atoms with van der Waals surface area (Å²) in [4.78, 5) is 20.8.